The topological polar surface area (TPSA) is 24.9 Å². The van der Waals surface area contributed by atoms with E-state index in [-0.39, 0.29) is 5.02 Å². The Morgan fingerprint density at radius 1 is 1.24 bits per heavy atom. The summed E-state index contributed by atoms with van der Waals surface area (Å²) in [6, 6.07) is 0.900. The first-order valence-corrected chi connectivity index (χ1v) is 7.85. The quantitative estimate of drug-likeness (QED) is 0.761. The summed E-state index contributed by atoms with van der Waals surface area (Å²) in [5.41, 5.74) is -0.839. The fourth-order valence-electron chi connectivity index (χ4n) is 2.71. The van der Waals surface area contributed by atoms with Crippen LogP contribution in [0.1, 0.15) is 31.2 Å². The molecule has 2 atom stereocenters. The van der Waals surface area contributed by atoms with Gasteiger partial charge in [-0.05, 0) is 30.7 Å². The Kier molecular flexibility index (Phi) is 5.60. The predicted octanol–water partition coefficient (Wildman–Crippen LogP) is 5.21. The third-order valence-electron chi connectivity index (χ3n) is 3.96. The van der Waals surface area contributed by atoms with E-state index in [9.17, 15) is 13.2 Å². The lowest BCUT2D eigenvalue weighted by Gasteiger charge is -2.30. The van der Waals surface area contributed by atoms with Crippen LogP contribution in [0.25, 0.3) is 0 Å². The normalized spacial score (nSPS) is 23.1. The van der Waals surface area contributed by atoms with Gasteiger partial charge in [-0.3, -0.25) is 0 Å². The second-order valence-corrected chi connectivity index (χ2v) is 6.11. The number of hydrogen-bond acceptors (Lipinski definition) is 2. The molecule has 0 saturated heterocycles. The minimum Gasteiger partial charge on any atom is -0.369 e. The minimum absolute atomic E-state index is 0.0111. The smallest absolute Gasteiger partial charge is 0.369 e. The fourth-order valence-corrected chi connectivity index (χ4v) is 3.35. The number of anilines is 1. The van der Waals surface area contributed by atoms with Gasteiger partial charge in [-0.1, -0.05) is 24.4 Å². The van der Waals surface area contributed by atoms with E-state index in [4.69, 9.17) is 23.2 Å². The number of nitrogens with one attached hydrogen (secondary N) is 1. The van der Waals surface area contributed by atoms with E-state index >= 15 is 0 Å². The average Bonchev–Trinajstić information content (AvgIpc) is 2.45. The second kappa shape index (κ2) is 7.05. The van der Waals surface area contributed by atoms with Gasteiger partial charge < -0.3 is 5.32 Å². The molecule has 2 nitrogen and oxygen atoms in total. The highest BCUT2D eigenvalue weighted by Crippen LogP contribution is 2.34. The summed E-state index contributed by atoms with van der Waals surface area (Å²) in [6.45, 7) is 0.634. The van der Waals surface area contributed by atoms with E-state index in [2.05, 4.69) is 10.3 Å². The van der Waals surface area contributed by atoms with E-state index in [0.29, 0.717) is 30.1 Å². The number of pyridine rings is 1. The van der Waals surface area contributed by atoms with Crippen LogP contribution in [0.4, 0.5) is 19.0 Å². The summed E-state index contributed by atoms with van der Waals surface area (Å²) < 4.78 is 37.6. The average molecular weight is 341 g/mol. The van der Waals surface area contributed by atoms with Gasteiger partial charge in [0, 0.05) is 18.6 Å². The van der Waals surface area contributed by atoms with Crippen molar-refractivity contribution in [2.45, 2.75) is 31.9 Å². The molecule has 1 saturated carbocycles. The Morgan fingerprint density at radius 3 is 2.48 bits per heavy atom. The molecule has 1 fully saturated rings. The molecule has 118 valence electrons. The van der Waals surface area contributed by atoms with Crippen LogP contribution >= 0.6 is 23.2 Å². The summed E-state index contributed by atoms with van der Waals surface area (Å²) in [5.74, 6) is 1.77. The minimum atomic E-state index is -4.43. The maximum absolute atomic E-state index is 12.5. The van der Waals surface area contributed by atoms with Crippen LogP contribution in [0.3, 0.4) is 0 Å². The number of halogens is 5. The van der Waals surface area contributed by atoms with Gasteiger partial charge in [-0.2, -0.15) is 13.2 Å². The molecule has 2 rings (SSSR count). The van der Waals surface area contributed by atoms with Gasteiger partial charge in [0.05, 0.1) is 10.6 Å². The third-order valence-corrected chi connectivity index (χ3v) is 4.65. The highest BCUT2D eigenvalue weighted by molar-refractivity contribution is 6.32. The molecule has 7 heteroatoms. The highest BCUT2D eigenvalue weighted by Gasteiger charge is 2.31. The number of alkyl halides is 4. The predicted molar refractivity (Wildman–Crippen MR) is 78.9 cm³/mol. The van der Waals surface area contributed by atoms with E-state index in [0.717, 1.165) is 31.5 Å². The first-order chi connectivity index (χ1) is 9.91. The van der Waals surface area contributed by atoms with Crippen LogP contribution in [0.5, 0.6) is 0 Å². The molecule has 1 N–H and O–H groups in total. The van der Waals surface area contributed by atoms with Crippen LogP contribution < -0.4 is 5.32 Å². The number of nitrogens with zero attached hydrogens (tertiary/aromatic N) is 1. The Labute approximate surface area is 132 Å². The third kappa shape index (κ3) is 4.39. The summed E-state index contributed by atoms with van der Waals surface area (Å²) in [7, 11) is 0. The number of hydrogen-bond donors (Lipinski definition) is 1. The first kappa shape index (κ1) is 16.7. The van der Waals surface area contributed by atoms with Crippen molar-refractivity contribution in [2.24, 2.45) is 11.8 Å². The van der Waals surface area contributed by atoms with E-state index in [1.54, 1.807) is 0 Å². The monoisotopic (exact) mass is 340 g/mol. The Hall–Kier alpha value is -0.680. The summed E-state index contributed by atoms with van der Waals surface area (Å²) in [5, 5.41) is 3.05. The molecule has 1 aromatic rings. The van der Waals surface area contributed by atoms with Gasteiger partial charge in [0.2, 0.25) is 0 Å². The van der Waals surface area contributed by atoms with Gasteiger partial charge in [-0.25, -0.2) is 4.98 Å². The molecule has 0 amide bonds. The molecule has 1 aliphatic carbocycles. The molecule has 21 heavy (non-hydrogen) atoms. The second-order valence-electron chi connectivity index (χ2n) is 5.39. The number of rotatable bonds is 4. The molecular formula is C14H17Cl2F3N2. The molecule has 0 bridgehead atoms. The van der Waals surface area contributed by atoms with Crippen LogP contribution in [0.15, 0.2) is 12.3 Å². The van der Waals surface area contributed by atoms with Gasteiger partial charge in [-0.15, -0.1) is 11.6 Å². The van der Waals surface area contributed by atoms with E-state index < -0.39 is 11.7 Å². The van der Waals surface area contributed by atoms with Gasteiger partial charge in [0.1, 0.15) is 5.82 Å². The van der Waals surface area contributed by atoms with Gasteiger partial charge in [0.15, 0.2) is 0 Å². The van der Waals surface area contributed by atoms with E-state index in [1.807, 2.05) is 0 Å². The molecule has 0 radical (unpaired) electrons. The molecule has 1 heterocycles. The molecule has 0 spiro atoms. The van der Waals surface area contributed by atoms with Crippen molar-refractivity contribution in [3.8, 4) is 0 Å². The Balaban J connectivity index is 2.00. The van der Waals surface area contributed by atoms with Crippen molar-refractivity contribution in [3.63, 3.8) is 0 Å². The van der Waals surface area contributed by atoms with Crippen LogP contribution in [0, 0.1) is 11.8 Å². The van der Waals surface area contributed by atoms with Crippen LogP contribution in [0.2, 0.25) is 5.02 Å². The Bertz CT molecular complexity index is 480. The Morgan fingerprint density at radius 2 is 1.90 bits per heavy atom. The van der Waals surface area contributed by atoms with Crippen molar-refractivity contribution in [1.29, 1.82) is 0 Å². The van der Waals surface area contributed by atoms with Crippen LogP contribution in [-0.2, 0) is 6.18 Å². The fraction of sp³-hybridized carbons (Fsp3) is 0.643. The molecule has 0 aliphatic heterocycles. The largest absolute Gasteiger partial charge is 0.417 e. The lowest BCUT2D eigenvalue weighted by molar-refractivity contribution is -0.137. The van der Waals surface area contributed by atoms with Crippen molar-refractivity contribution in [2.75, 3.05) is 17.7 Å². The van der Waals surface area contributed by atoms with Crippen LogP contribution in [-0.4, -0.2) is 17.4 Å². The van der Waals surface area contributed by atoms with Crippen molar-refractivity contribution in [3.05, 3.63) is 22.8 Å². The lowest BCUT2D eigenvalue weighted by atomic mass is 9.80. The van der Waals surface area contributed by atoms with E-state index in [1.165, 1.54) is 6.42 Å². The molecule has 2 unspecified atom stereocenters. The summed E-state index contributed by atoms with van der Waals surface area (Å²) in [6.07, 6.45) is 0.893. The SMILES string of the molecule is FC(F)(F)c1cnc(NCC2CCCCC2CCl)c(Cl)c1. The standard InChI is InChI=1S/C14H17Cl2F3N2/c15-6-9-3-1-2-4-10(9)7-20-13-12(16)5-11(8-21-13)14(17,18)19/h5,8-10H,1-4,6-7H2,(H,20,21). The zero-order chi connectivity index (χ0) is 15.5. The summed E-state index contributed by atoms with van der Waals surface area (Å²) >= 11 is 11.8. The first-order valence-electron chi connectivity index (χ1n) is 6.94. The van der Waals surface area contributed by atoms with Crippen molar-refractivity contribution < 1.29 is 13.2 Å². The van der Waals surface area contributed by atoms with Gasteiger partial charge >= 0.3 is 6.18 Å². The molecular weight excluding hydrogens is 324 g/mol. The van der Waals surface area contributed by atoms with Gasteiger partial charge in [0.25, 0.3) is 0 Å². The molecule has 1 aromatic heterocycles. The lowest BCUT2D eigenvalue weighted by Crippen LogP contribution is -2.27. The highest BCUT2D eigenvalue weighted by atomic mass is 35.5. The van der Waals surface area contributed by atoms with Crippen molar-refractivity contribution in [1.82, 2.24) is 4.98 Å². The molecule has 1 aliphatic rings. The molecule has 0 aromatic carbocycles. The zero-order valence-corrected chi connectivity index (χ0v) is 12.9. The van der Waals surface area contributed by atoms with Crippen molar-refractivity contribution >= 4 is 29.0 Å². The summed E-state index contributed by atoms with van der Waals surface area (Å²) in [4.78, 5) is 3.78. The zero-order valence-electron chi connectivity index (χ0n) is 11.4. The number of aromatic nitrogens is 1. The maximum Gasteiger partial charge on any atom is 0.417 e. The maximum atomic E-state index is 12.5.